The zero-order valence-corrected chi connectivity index (χ0v) is 10.5. The largest absolute Gasteiger partial charge is 0.481 e. The van der Waals surface area contributed by atoms with Gasteiger partial charge in [-0.2, -0.15) is 13.2 Å². The number of carboxylic acids is 1. The second-order valence-electron chi connectivity index (χ2n) is 5.15. The van der Waals surface area contributed by atoms with Crippen LogP contribution in [0.5, 0.6) is 0 Å². The maximum atomic E-state index is 12.7. The third-order valence-corrected chi connectivity index (χ3v) is 4.06. The molecule has 0 radical (unpaired) electrons. The molecule has 9 heteroatoms. The molecule has 1 N–H and O–H groups in total. The first-order valence-electron chi connectivity index (χ1n) is 6.34. The van der Waals surface area contributed by atoms with E-state index in [2.05, 4.69) is 10.2 Å². The standard InChI is InChI=1S/C11H13F3N4O2/c12-11(13,14)10-16-15-8-5-17(3-4-18(8)10)7-2-1-6(7)9(19)20/h6-7H,1-5H2,(H,19,20). The maximum Gasteiger partial charge on any atom is 0.451 e. The average molecular weight is 290 g/mol. The van der Waals surface area contributed by atoms with E-state index < -0.39 is 23.9 Å². The molecule has 1 aliphatic carbocycles. The summed E-state index contributed by atoms with van der Waals surface area (Å²) in [5.41, 5.74) is 0. The summed E-state index contributed by atoms with van der Waals surface area (Å²) in [5.74, 6) is -1.99. The fraction of sp³-hybridized carbons (Fsp3) is 0.727. The number of hydrogen-bond acceptors (Lipinski definition) is 4. The van der Waals surface area contributed by atoms with Gasteiger partial charge in [-0.25, -0.2) is 0 Å². The van der Waals surface area contributed by atoms with E-state index in [9.17, 15) is 18.0 Å². The van der Waals surface area contributed by atoms with Gasteiger partial charge >= 0.3 is 12.1 Å². The highest BCUT2D eigenvalue weighted by atomic mass is 19.4. The minimum absolute atomic E-state index is 0.104. The number of alkyl halides is 3. The smallest absolute Gasteiger partial charge is 0.451 e. The summed E-state index contributed by atoms with van der Waals surface area (Å²) in [6.07, 6.45) is -3.12. The van der Waals surface area contributed by atoms with Gasteiger partial charge in [0.05, 0.1) is 12.5 Å². The first-order valence-corrected chi connectivity index (χ1v) is 6.34. The molecule has 1 saturated carbocycles. The van der Waals surface area contributed by atoms with Crippen LogP contribution in [-0.4, -0.2) is 43.3 Å². The fourth-order valence-electron chi connectivity index (χ4n) is 2.88. The van der Waals surface area contributed by atoms with Crippen LogP contribution in [-0.2, 0) is 24.1 Å². The van der Waals surface area contributed by atoms with Gasteiger partial charge in [-0.15, -0.1) is 10.2 Å². The summed E-state index contributed by atoms with van der Waals surface area (Å²) < 4.78 is 39.2. The van der Waals surface area contributed by atoms with E-state index >= 15 is 0 Å². The summed E-state index contributed by atoms with van der Waals surface area (Å²) >= 11 is 0. The molecule has 0 amide bonds. The van der Waals surface area contributed by atoms with Gasteiger partial charge in [-0.05, 0) is 12.8 Å². The molecule has 2 heterocycles. The third-order valence-electron chi connectivity index (χ3n) is 4.06. The van der Waals surface area contributed by atoms with Gasteiger partial charge in [-0.3, -0.25) is 9.69 Å². The lowest BCUT2D eigenvalue weighted by molar-refractivity contribution is -0.150. The zero-order chi connectivity index (χ0) is 14.5. The molecule has 3 rings (SSSR count). The molecule has 1 aromatic heterocycles. The Labute approximate surface area is 112 Å². The minimum atomic E-state index is -4.51. The molecule has 0 bridgehead atoms. The summed E-state index contributed by atoms with van der Waals surface area (Å²) in [5, 5.41) is 15.8. The van der Waals surface area contributed by atoms with Crippen LogP contribution >= 0.6 is 0 Å². The normalized spacial score (nSPS) is 26.9. The molecule has 2 aliphatic rings. The Morgan fingerprint density at radius 1 is 1.25 bits per heavy atom. The molecule has 1 aromatic rings. The number of nitrogens with zero attached hydrogens (tertiary/aromatic N) is 4. The van der Waals surface area contributed by atoms with Crippen molar-refractivity contribution in [2.24, 2.45) is 5.92 Å². The van der Waals surface area contributed by atoms with Gasteiger partial charge in [-0.1, -0.05) is 0 Å². The van der Waals surface area contributed by atoms with Crippen LogP contribution in [0.15, 0.2) is 0 Å². The topological polar surface area (TPSA) is 71.2 Å². The minimum Gasteiger partial charge on any atom is -0.481 e. The van der Waals surface area contributed by atoms with E-state index in [1.54, 1.807) is 0 Å². The number of carboxylic acid groups (broad SMARTS) is 1. The van der Waals surface area contributed by atoms with Crippen molar-refractivity contribution in [2.75, 3.05) is 6.54 Å². The van der Waals surface area contributed by atoms with E-state index in [0.29, 0.717) is 13.0 Å². The van der Waals surface area contributed by atoms with Crippen LogP contribution in [0.25, 0.3) is 0 Å². The molecule has 2 atom stereocenters. The highest BCUT2D eigenvalue weighted by Crippen LogP contribution is 2.35. The maximum absolute atomic E-state index is 12.7. The monoisotopic (exact) mass is 290 g/mol. The SMILES string of the molecule is O=C(O)C1CCC1N1CCn2c(nnc2C(F)(F)F)C1. The predicted octanol–water partition coefficient (Wildman–Crippen LogP) is 0.976. The molecule has 1 aliphatic heterocycles. The first-order chi connectivity index (χ1) is 9.38. The van der Waals surface area contributed by atoms with Crippen molar-refractivity contribution in [1.29, 1.82) is 0 Å². The Morgan fingerprint density at radius 2 is 2.00 bits per heavy atom. The molecule has 1 fully saturated rings. The van der Waals surface area contributed by atoms with Crippen molar-refractivity contribution in [1.82, 2.24) is 19.7 Å². The highest BCUT2D eigenvalue weighted by molar-refractivity contribution is 5.72. The van der Waals surface area contributed by atoms with E-state index in [0.717, 1.165) is 11.0 Å². The van der Waals surface area contributed by atoms with E-state index in [1.807, 2.05) is 4.90 Å². The van der Waals surface area contributed by atoms with Crippen LogP contribution in [0.2, 0.25) is 0 Å². The van der Waals surface area contributed by atoms with E-state index in [4.69, 9.17) is 5.11 Å². The highest BCUT2D eigenvalue weighted by Gasteiger charge is 2.44. The Kier molecular flexibility index (Phi) is 2.96. The van der Waals surface area contributed by atoms with Gasteiger partial charge in [0, 0.05) is 19.1 Å². The Hall–Kier alpha value is -1.64. The van der Waals surface area contributed by atoms with Gasteiger partial charge in [0.15, 0.2) is 0 Å². The summed E-state index contributed by atoms with van der Waals surface area (Å²) in [7, 11) is 0. The number of fused-ring (bicyclic) bond motifs is 1. The van der Waals surface area contributed by atoms with Crippen molar-refractivity contribution in [3.63, 3.8) is 0 Å². The van der Waals surface area contributed by atoms with Crippen LogP contribution in [0.3, 0.4) is 0 Å². The molecule has 2 unspecified atom stereocenters. The molecule has 0 saturated heterocycles. The summed E-state index contributed by atoms with van der Waals surface area (Å²) in [6, 6.07) is -0.104. The summed E-state index contributed by atoms with van der Waals surface area (Å²) in [6.45, 7) is 0.750. The molecule has 20 heavy (non-hydrogen) atoms. The van der Waals surface area contributed by atoms with Gasteiger partial charge < -0.3 is 9.67 Å². The lowest BCUT2D eigenvalue weighted by Gasteiger charge is -2.43. The van der Waals surface area contributed by atoms with Crippen molar-refractivity contribution in [3.05, 3.63) is 11.6 Å². The molecule has 0 spiro atoms. The second kappa shape index (κ2) is 4.44. The molecular formula is C11H13F3N4O2. The molecule has 0 aromatic carbocycles. The van der Waals surface area contributed by atoms with Crippen molar-refractivity contribution < 1.29 is 23.1 Å². The first kappa shape index (κ1) is 13.3. The quantitative estimate of drug-likeness (QED) is 0.879. The van der Waals surface area contributed by atoms with Crippen molar-refractivity contribution >= 4 is 5.97 Å². The fourth-order valence-corrected chi connectivity index (χ4v) is 2.88. The third kappa shape index (κ3) is 2.05. The average Bonchev–Trinajstić information content (AvgIpc) is 2.68. The van der Waals surface area contributed by atoms with E-state index in [1.165, 1.54) is 0 Å². The van der Waals surface area contributed by atoms with Gasteiger partial charge in [0.2, 0.25) is 5.82 Å². The Balaban J connectivity index is 1.77. The lowest BCUT2D eigenvalue weighted by Crippen LogP contribution is -2.52. The number of hydrogen-bond donors (Lipinski definition) is 1. The number of aliphatic carboxylic acids is 1. The van der Waals surface area contributed by atoms with Crippen LogP contribution in [0.1, 0.15) is 24.5 Å². The van der Waals surface area contributed by atoms with Gasteiger partial charge in [0.25, 0.3) is 0 Å². The molecule has 110 valence electrons. The van der Waals surface area contributed by atoms with Crippen molar-refractivity contribution in [2.45, 2.75) is 38.1 Å². The van der Waals surface area contributed by atoms with Crippen LogP contribution < -0.4 is 0 Å². The second-order valence-corrected chi connectivity index (χ2v) is 5.15. The van der Waals surface area contributed by atoms with Crippen LogP contribution in [0.4, 0.5) is 13.2 Å². The number of carbonyl (C=O) groups is 1. The lowest BCUT2D eigenvalue weighted by atomic mass is 9.78. The van der Waals surface area contributed by atoms with Gasteiger partial charge in [0.1, 0.15) is 5.82 Å². The Morgan fingerprint density at radius 3 is 2.55 bits per heavy atom. The van der Waals surface area contributed by atoms with Crippen molar-refractivity contribution in [3.8, 4) is 0 Å². The van der Waals surface area contributed by atoms with E-state index in [-0.39, 0.29) is 25.0 Å². The number of halogens is 3. The number of rotatable bonds is 2. The summed E-state index contributed by atoms with van der Waals surface area (Å²) in [4.78, 5) is 12.9. The molecule has 6 nitrogen and oxygen atoms in total. The number of aromatic nitrogens is 3. The Bertz CT molecular complexity index is 542. The zero-order valence-electron chi connectivity index (χ0n) is 10.5. The van der Waals surface area contributed by atoms with Crippen LogP contribution in [0, 0.1) is 5.92 Å². The predicted molar refractivity (Wildman–Crippen MR) is 59.6 cm³/mol. The molecular weight excluding hydrogens is 277 g/mol.